The largest absolute Gasteiger partial charge is 0.469 e. The second-order valence-corrected chi connectivity index (χ2v) is 4.44. The second-order valence-electron chi connectivity index (χ2n) is 4.44. The number of nitrogens with two attached hydrogens (primary N) is 1. The Balaban J connectivity index is 2.35. The van der Waals surface area contributed by atoms with Gasteiger partial charge in [-0.1, -0.05) is 13.0 Å². The van der Waals surface area contributed by atoms with Crippen molar-refractivity contribution in [2.24, 2.45) is 0 Å². The van der Waals surface area contributed by atoms with Crippen LogP contribution in [0.1, 0.15) is 29.5 Å². The standard InChI is InChI=1S/C15H18N2O2/c1-3-8-17(13-6-4-5-12(16)10-13)15(18)14-7-9-19-11(14)2/h4-7,9-10H,3,8,16H2,1-2H3. The maximum Gasteiger partial charge on any atom is 0.261 e. The molecule has 0 aliphatic carbocycles. The van der Waals surface area contributed by atoms with Crippen molar-refractivity contribution in [1.82, 2.24) is 0 Å². The smallest absolute Gasteiger partial charge is 0.261 e. The number of hydrogen-bond donors (Lipinski definition) is 1. The molecule has 0 aliphatic heterocycles. The molecular weight excluding hydrogens is 240 g/mol. The number of carbonyl (C=O) groups is 1. The van der Waals surface area contributed by atoms with Gasteiger partial charge in [0.15, 0.2) is 0 Å². The van der Waals surface area contributed by atoms with Crippen LogP contribution in [0.4, 0.5) is 11.4 Å². The monoisotopic (exact) mass is 258 g/mol. The molecule has 1 amide bonds. The van der Waals surface area contributed by atoms with E-state index in [9.17, 15) is 4.79 Å². The van der Waals surface area contributed by atoms with E-state index in [0.29, 0.717) is 23.6 Å². The topological polar surface area (TPSA) is 59.5 Å². The van der Waals surface area contributed by atoms with Gasteiger partial charge in [-0.05, 0) is 37.6 Å². The molecule has 1 aromatic heterocycles. The minimum atomic E-state index is -0.0568. The van der Waals surface area contributed by atoms with Crippen molar-refractivity contribution < 1.29 is 9.21 Å². The lowest BCUT2D eigenvalue weighted by atomic mass is 10.2. The quantitative estimate of drug-likeness (QED) is 0.856. The molecule has 2 aromatic rings. The van der Waals surface area contributed by atoms with Crippen molar-refractivity contribution in [2.75, 3.05) is 17.2 Å². The first-order chi connectivity index (χ1) is 9.13. The number of amides is 1. The molecule has 2 rings (SSSR count). The molecule has 4 heteroatoms. The van der Waals surface area contributed by atoms with E-state index in [1.165, 1.54) is 6.26 Å². The maximum atomic E-state index is 12.6. The van der Waals surface area contributed by atoms with Gasteiger partial charge < -0.3 is 15.1 Å². The molecule has 0 fully saturated rings. The van der Waals surface area contributed by atoms with Gasteiger partial charge in [-0.25, -0.2) is 0 Å². The first-order valence-electron chi connectivity index (χ1n) is 6.35. The molecule has 0 bridgehead atoms. The number of rotatable bonds is 4. The van der Waals surface area contributed by atoms with Crippen LogP contribution in [0.5, 0.6) is 0 Å². The van der Waals surface area contributed by atoms with Crippen molar-refractivity contribution in [3.05, 3.63) is 47.9 Å². The van der Waals surface area contributed by atoms with Gasteiger partial charge in [0.05, 0.1) is 11.8 Å². The van der Waals surface area contributed by atoms with E-state index in [-0.39, 0.29) is 5.91 Å². The Morgan fingerprint density at radius 3 is 2.74 bits per heavy atom. The van der Waals surface area contributed by atoms with Gasteiger partial charge in [-0.3, -0.25) is 4.79 Å². The van der Waals surface area contributed by atoms with Gasteiger partial charge in [0.2, 0.25) is 0 Å². The van der Waals surface area contributed by atoms with Gasteiger partial charge in [0, 0.05) is 17.9 Å². The summed E-state index contributed by atoms with van der Waals surface area (Å²) in [5, 5.41) is 0. The average Bonchev–Trinajstić information content (AvgIpc) is 2.81. The summed E-state index contributed by atoms with van der Waals surface area (Å²) in [6, 6.07) is 9.05. The van der Waals surface area contributed by atoms with E-state index in [1.54, 1.807) is 24.0 Å². The Morgan fingerprint density at radius 1 is 1.37 bits per heavy atom. The third-order valence-corrected chi connectivity index (χ3v) is 2.96. The highest BCUT2D eigenvalue weighted by Gasteiger charge is 2.20. The van der Waals surface area contributed by atoms with Crippen LogP contribution in [0.25, 0.3) is 0 Å². The number of carbonyl (C=O) groups excluding carboxylic acids is 1. The predicted molar refractivity (Wildman–Crippen MR) is 76.3 cm³/mol. The van der Waals surface area contributed by atoms with Crippen LogP contribution in [0.3, 0.4) is 0 Å². The number of hydrogen-bond acceptors (Lipinski definition) is 3. The molecule has 0 saturated carbocycles. The molecule has 0 saturated heterocycles. The summed E-state index contributed by atoms with van der Waals surface area (Å²) in [4.78, 5) is 14.3. The van der Waals surface area contributed by atoms with Gasteiger partial charge in [0.1, 0.15) is 5.76 Å². The Morgan fingerprint density at radius 2 is 2.16 bits per heavy atom. The Bertz CT molecular complexity index is 575. The van der Waals surface area contributed by atoms with E-state index >= 15 is 0 Å². The Hall–Kier alpha value is -2.23. The van der Waals surface area contributed by atoms with Crippen molar-refractivity contribution >= 4 is 17.3 Å². The summed E-state index contributed by atoms with van der Waals surface area (Å²) in [7, 11) is 0. The first-order valence-corrected chi connectivity index (χ1v) is 6.35. The summed E-state index contributed by atoms with van der Waals surface area (Å²) < 4.78 is 5.20. The summed E-state index contributed by atoms with van der Waals surface area (Å²) in [5.41, 5.74) is 7.84. The Kier molecular flexibility index (Phi) is 3.90. The normalized spacial score (nSPS) is 10.4. The third kappa shape index (κ3) is 2.78. The number of anilines is 2. The highest BCUT2D eigenvalue weighted by atomic mass is 16.3. The van der Waals surface area contributed by atoms with Gasteiger partial charge in [-0.15, -0.1) is 0 Å². The molecule has 0 spiro atoms. The minimum Gasteiger partial charge on any atom is -0.469 e. The van der Waals surface area contributed by atoms with Crippen LogP contribution in [-0.4, -0.2) is 12.5 Å². The lowest BCUT2D eigenvalue weighted by Gasteiger charge is -2.22. The number of aryl methyl sites for hydroxylation is 1. The van der Waals surface area contributed by atoms with E-state index in [2.05, 4.69) is 0 Å². The summed E-state index contributed by atoms with van der Waals surface area (Å²) in [6.45, 7) is 4.47. The fraction of sp³-hybridized carbons (Fsp3) is 0.267. The molecule has 0 atom stereocenters. The molecule has 100 valence electrons. The molecule has 0 aliphatic rings. The van der Waals surface area contributed by atoms with Crippen LogP contribution in [-0.2, 0) is 0 Å². The van der Waals surface area contributed by atoms with Crippen molar-refractivity contribution in [2.45, 2.75) is 20.3 Å². The van der Waals surface area contributed by atoms with E-state index in [1.807, 2.05) is 25.1 Å². The maximum absolute atomic E-state index is 12.6. The SMILES string of the molecule is CCCN(C(=O)c1ccoc1C)c1cccc(N)c1. The van der Waals surface area contributed by atoms with E-state index in [0.717, 1.165) is 12.1 Å². The Labute approximate surface area is 112 Å². The number of nitrogen functional groups attached to an aromatic ring is 1. The molecule has 1 heterocycles. The van der Waals surface area contributed by atoms with Crippen LogP contribution in [0.15, 0.2) is 41.0 Å². The molecule has 19 heavy (non-hydrogen) atoms. The van der Waals surface area contributed by atoms with Gasteiger partial charge in [0.25, 0.3) is 5.91 Å². The number of nitrogens with zero attached hydrogens (tertiary/aromatic N) is 1. The summed E-state index contributed by atoms with van der Waals surface area (Å²) in [6.07, 6.45) is 2.41. The molecule has 2 N–H and O–H groups in total. The fourth-order valence-electron chi connectivity index (χ4n) is 2.02. The zero-order valence-electron chi connectivity index (χ0n) is 11.2. The van der Waals surface area contributed by atoms with Crippen LogP contribution < -0.4 is 10.6 Å². The van der Waals surface area contributed by atoms with Crippen LogP contribution in [0.2, 0.25) is 0 Å². The van der Waals surface area contributed by atoms with E-state index in [4.69, 9.17) is 10.2 Å². The summed E-state index contributed by atoms with van der Waals surface area (Å²) >= 11 is 0. The van der Waals surface area contributed by atoms with Crippen molar-refractivity contribution in [1.29, 1.82) is 0 Å². The predicted octanol–water partition coefficient (Wildman–Crippen LogP) is 3.23. The number of furan rings is 1. The lowest BCUT2D eigenvalue weighted by Crippen LogP contribution is -2.31. The van der Waals surface area contributed by atoms with Crippen LogP contribution in [0, 0.1) is 6.92 Å². The lowest BCUT2D eigenvalue weighted by molar-refractivity contribution is 0.0985. The van der Waals surface area contributed by atoms with E-state index < -0.39 is 0 Å². The fourth-order valence-corrected chi connectivity index (χ4v) is 2.02. The summed E-state index contributed by atoms with van der Waals surface area (Å²) in [5.74, 6) is 0.578. The zero-order valence-corrected chi connectivity index (χ0v) is 11.2. The average molecular weight is 258 g/mol. The molecule has 4 nitrogen and oxygen atoms in total. The molecular formula is C15H18N2O2. The van der Waals surface area contributed by atoms with Gasteiger partial charge >= 0.3 is 0 Å². The highest BCUT2D eigenvalue weighted by molar-refractivity contribution is 6.06. The third-order valence-electron chi connectivity index (χ3n) is 2.96. The molecule has 0 unspecified atom stereocenters. The second kappa shape index (κ2) is 5.61. The van der Waals surface area contributed by atoms with Crippen molar-refractivity contribution in [3.63, 3.8) is 0 Å². The minimum absolute atomic E-state index is 0.0568. The van der Waals surface area contributed by atoms with Crippen LogP contribution >= 0.6 is 0 Å². The van der Waals surface area contributed by atoms with Crippen molar-refractivity contribution in [3.8, 4) is 0 Å². The highest BCUT2D eigenvalue weighted by Crippen LogP contribution is 2.22. The van der Waals surface area contributed by atoms with Gasteiger partial charge in [-0.2, -0.15) is 0 Å². The number of benzene rings is 1. The zero-order chi connectivity index (χ0) is 13.8. The molecule has 1 aromatic carbocycles. The molecule has 0 radical (unpaired) electrons. The first kappa shape index (κ1) is 13.2.